The lowest BCUT2D eigenvalue weighted by molar-refractivity contribution is -0.137. The predicted octanol–water partition coefficient (Wildman–Crippen LogP) is 1.98. The second-order valence-corrected chi connectivity index (χ2v) is 6.74. The second-order valence-electron chi connectivity index (χ2n) is 6.74. The molecule has 5 nitrogen and oxygen atoms in total. The number of carbonyl (C=O) groups is 2. The maximum atomic E-state index is 13.0. The molecule has 1 saturated heterocycles. The number of nitrogens with zero attached hydrogens (tertiary/aromatic N) is 3. The van der Waals surface area contributed by atoms with Crippen LogP contribution in [0.25, 0.3) is 5.57 Å². The van der Waals surface area contributed by atoms with Crippen molar-refractivity contribution >= 4 is 17.4 Å². The highest BCUT2D eigenvalue weighted by molar-refractivity contribution is 6.35. The van der Waals surface area contributed by atoms with Gasteiger partial charge in [0.15, 0.2) is 0 Å². The highest BCUT2D eigenvalue weighted by Gasteiger charge is 2.41. The van der Waals surface area contributed by atoms with E-state index in [0.29, 0.717) is 11.3 Å². The Balaban J connectivity index is 2.00. The highest BCUT2D eigenvalue weighted by Crippen LogP contribution is 2.33. The van der Waals surface area contributed by atoms with Gasteiger partial charge in [-0.15, -0.1) is 6.58 Å². The van der Waals surface area contributed by atoms with Gasteiger partial charge in [0.1, 0.15) is 5.70 Å². The van der Waals surface area contributed by atoms with Crippen LogP contribution in [-0.2, 0) is 9.59 Å². The molecule has 5 heteroatoms. The minimum atomic E-state index is -0.231. The molecule has 0 aliphatic carbocycles. The zero-order valence-electron chi connectivity index (χ0n) is 14.9. The van der Waals surface area contributed by atoms with Crippen LogP contribution < -0.4 is 0 Å². The highest BCUT2D eigenvalue weighted by atomic mass is 16.2. The fourth-order valence-corrected chi connectivity index (χ4v) is 3.62. The number of likely N-dealkylation sites (N-methyl/N-ethyl adjacent to an activating group) is 1. The van der Waals surface area contributed by atoms with Crippen LogP contribution in [0.2, 0.25) is 0 Å². The molecule has 1 fully saturated rings. The smallest absolute Gasteiger partial charge is 0.278 e. The largest absolute Gasteiger partial charge is 0.366 e. The van der Waals surface area contributed by atoms with E-state index in [2.05, 4.69) is 18.5 Å². The molecule has 0 radical (unpaired) electrons. The van der Waals surface area contributed by atoms with Gasteiger partial charge in [-0.05, 0) is 38.5 Å². The first-order valence-electron chi connectivity index (χ1n) is 8.72. The normalized spacial score (nSPS) is 19.7. The van der Waals surface area contributed by atoms with Gasteiger partial charge in [-0.25, -0.2) is 0 Å². The van der Waals surface area contributed by atoms with Crippen LogP contribution >= 0.6 is 0 Å². The second kappa shape index (κ2) is 7.23. The van der Waals surface area contributed by atoms with Gasteiger partial charge < -0.3 is 9.80 Å². The maximum absolute atomic E-state index is 13.0. The van der Waals surface area contributed by atoms with Gasteiger partial charge in [-0.2, -0.15) is 0 Å². The van der Waals surface area contributed by atoms with Crippen molar-refractivity contribution in [2.75, 3.05) is 33.7 Å². The van der Waals surface area contributed by atoms with Gasteiger partial charge in [0.2, 0.25) is 0 Å². The number of likely N-dealkylation sites (tertiary alicyclic amines) is 1. The van der Waals surface area contributed by atoms with E-state index in [-0.39, 0.29) is 24.4 Å². The molecule has 0 spiro atoms. The van der Waals surface area contributed by atoms with Gasteiger partial charge in [0, 0.05) is 19.6 Å². The quantitative estimate of drug-likeness (QED) is 0.608. The summed E-state index contributed by atoms with van der Waals surface area (Å²) in [5.74, 6) is -0.448. The Morgan fingerprint density at radius 2 is 1.80 bits per heavy atom. The number of piperidine rings is 1. The molecule has 0 atom stereocenters. The molecule has 2 aliphatic rings. The molecule has 1 aromatic carbocycles. The summed E-state index contributed by atoms with van der Waals surface area (Å²) in [6.45, 7) is 5.91. The maximum Gasteiger partial charge on any atom is 0.278 e. The monoisotopic (exact) mass is 339 g/mol. The number of benzene rings is 1. The number of hydrogen-bond acceptors (Lipinski definition) is 4. The molecule has 0 saturated carbocycles. The van der Waals surface area contributed by atoms with E-state index in [9.17, 15) is 9.59 Å². The molecular formula is C20H25N3O2. The third kappa shape index (κ3) is 3.24. The summed E-state index contributed by atoms with van der Waals surface area (Å²) < 4.78 is 0. The molecule has 3 rings (SSSR count). The molecule has 0 bridgehead atoms. The lowest BCUT2D eigenvalue weighted by Crippen LogP contribution is -2.43. The van der Waals surface area contributed by atoms with E-state index in [1.54, 1.807) is 6.08 Å². The summed E-state index contributed by atoms with van der Waals surface area (Å²) in [6, 6.07) is 9.74. The average Bonchev–Trinajstić information content (AvgIpc) is 2.87. The van der Waals surface area contributed by atoms with Gasteiger partial charge >= 0.3 is 0 Å². The fourth-order valence-electron chi connectivity index (χ4n) is 3.62. The first kappa shape index (κ1) is 17.4. The summed E-state index contributed by atoms with van der Waals surface area (Å²) >= 11 is 0. The first-order valence-corrected chi connectivity index (χ1v) is 8.72. The Morgan fingerprint density at radius 1 is 1.16 bits per heavy atom. The Kier molecular flexibility index (Phi) is 5.04. The van der Waals surface area contributed by atoms with Crippen molar-refractivity contribution in [2.24, 2.45) is 0 Å². The van der Waals surface area contributed by atoms with Gasteiger partial charge in [0.05, 0.1) is 5.57 Å². The number of carbonyl (C=O) groups excluding carboxylic acids is 2. The topological polar surface area (TPSA) is 43.9 Å². The van der Waals surface area contributed by atoms with Crippen molar-refractivity contribution < 1.29 is 9.59 Å². The average molecular weight is 339 g/mol. The van der Waals surface area contributed by atoms with E-state index in [1.807, 2.05) is 42.3 Å². The zero-order valence-corrected chi connectivity index (χ0v) is 14.9. The van der Waals surface area contributed by atoms with Crippen molar-refractivity contribution in [1.29, 1.82) is 0 Å². The summed E-state index contributed by atoms with van der Waals surface area (Å²) in [5.41, 5.74) is 1.82. The van der Waals surface area contributed by atoms with E-state index in [4.69, 9.17) is 0 Å². The van der Waals surface area contributed by atoms with Crippen LogP contribution in [0.3, 0.4) is 0 Å². The standard InChI is InChI=1S/C20H25N3O2/c1-4-12-23-19(24)17(15-8-6-5-7-9-15)18(20(23)25)22(3)16-10-13-21(2)14-11-16/h4-9,16H,1,10-14H2,2-3H3. The Labute approximate surface area is 149 Å². The molecule has 25 heavy (non-hydrogen) atoms. The summed E-state index contributed by atoms with van der Waals surface area (Å²) in [5, 5.41) is 0. The van der Waals surface area contributed by atoms with E-state index >= 15 is 0 Å². The minimum Gasteiger partial charge on any atom is -0.366 e. The van der Waals surface area contributed by atoms with Crippen LogP contribution in [0.15, 0.2) is 48.7 Å². The van der Waals surface area contributed by atoms with E-state index in [1.165, 1.54) is 4.90 Å². The van der Waals surface area contributed by atoms with E-state index < -0.39 is 0 Å². The van der Waals surface area contributed by atoms with Gasteiger partial charge in [-0.3, -0.25) is 14.5 Å². The predicted molar refractivity (Wildman–Crippen MR) is 98.6 cm³/mol. The van der Waals surface area contributed by atoms with Crippen molar-refractivity contribution in [3.63, 3.8) is 0 Å². The molecule has 0 N–H and O–H groups in total. The fraction of sp³-hybridized carbons (Fsp3) is 0.400. The van der Waals surface area contributed by atoms with Crippen LogP contribution in [-0.4, -0.2) is 66.3 Å². The molecule has 132 valence electrons. The van der Waals surface area contributed by atoms with Crippen molar-refractivity contribution in [3.05, 3.63) is 54.2 Å². The SMILES string of the molecule is C=CCN1C(=O)C(c2ccccc2)=C(N(C)C2CCN(C)CC2)C1=O. The van der Waals surface area contributed by atoms with Crippen molar-refractivity contribution in [2.45, 2.75) is 18.9 Å². The molecule has 2 heterocycles. The lowest BCUT2D eigenvalue weighted by atomic mass is 10.0. The number of hydrogen-bond donors (Lipinski definition) is 0. The summed E-state index contributed by atoms with van der Waals surface area (Å²) in [7, 11) is 4.05. The summed E-state index contributed by atoms with van der Waals surface area (Å²) in [6.07, 6.45) is 3.57. The molecule has 0 unspecified atom stereocenters. The van der Waals surface area contributed by atoms with Crippen LogP contribution in [0.4, 0.5) is 0 Å². The molecule has 2 aliphatic heterocycles. The summed E-state index contributed by atoms with van der Waals surface area (Å²) in [4.78, 5) is 31.5. The molecule has 1 aromatic rings. The molecule has 2 amide bonds. The van der Waals surface area contributed by atoms with Crippen molar-refractivity contribution in [3.8, 4) is 0 Å². The van der Waals surface area contributed by atoms with Gasteiger partial charge in [0.25, 0.3) is 11.8 Å². The first-order chi connectivity index (χ1) is 12.0. The van der Waals surface area contributed by atoms with Crippen LogP contribution in [0.1, 0.15) is 18.4 Å². The van der Waals surface area contributed by atoms with Crippen LogP contribution in [0, 0.1) is 0 Å². The molecular weight excluding hydrogens is 314 g/mol. The molecule has 0 aromatic heterocycles. The Morgan fingerprint density at radius 3 is 2.40 bits per heavy atom. The zero-order chi connectivity index (χ0) is 18.0. The third-order valence-electron chi connectivity index (χ3n) is 5.11. The van der Waals surface area contributed by atoms with E-state index in [0.717, 1.165) is 31.5 Å². The third-order valence-corrected chi connectivity index (χ3v) is 5.11. The Hall–Kier alpha value is -2.40. The number of rotatable bonds is 5. The van der Waals surface area contributed by atoms with Gasteiger partial charge in [-0.1, -0.05) is 36.4 Å². The number of imide groups is 1. The van der Waals surface area contributed by atoms with Crippen LogP contribution in [0.5, 0.6) is 0 Å². The lowest BCUT2D eigenvalue weighted by Gasteiger charge is -2.36. The minimum absolute atomic E-state index is 0.217. The Bertz CT molecular complexity index is 703. The number of amides is 2. The van der Waals surface area contributed by atoms with Crippen molar-refractivity contribution in [1.82, 2.24) is 14.7 Å².